The minimum absolute atomic E-state index is 0.0339. The van der Waals surface area contributed by atoms with Crippen LogP contribution in [0.5, 0.6) is 5.75 Å². The quantitative estimate of drug-likeness (QED) is 0.770. The smallest absolute Gasteiger partial charge is 0.161 e. The standard InChI is InChI=1S/C16H24N2O2/c1-17(2)11-14(12-18(3)4)16(20)10-7-13-5-8-15(19)9-6-13/h5-10,14,19H,11-12H2,1-4H3/b10-7+. The van der Waals surface area contributed by atoms with Crippen molar-refractivity contribution < 1.29 is 9.90 Å². The number of carbonyl (C=O) groups is 1. The van der Waals surface area contributed by atoms with Gasteiger partial charge in [-0.1, -0.05) is 18.2 Å². The highest BCUT2D eigenvalue weighted by molar-refractivity contribution is 5.95. The first-order chi connectivity index (χ1) is 9.38. The predicted molar refractivity (Wildman–Crippen MR) is 82.7 cm³/mol. The lowest BCUT2D eigenvalue weighted by atomic mass is 10.0. The summed E-state index contributed by atoms with van der Waals surface area (Å²) in [4.78, 5) is 16.3. The van der Waals surface area contributed by atoms with Crippen molar-refractivity contribution in [3.8, 4) is 5.75 Å². The zero-order valence-corrected chi connectivity index (χ0v) is 12.7. The zero-order valence-electron chi connectivity index (χ0n) is 12.7. The van der Waals surface area contributed by atoms with Crippen LogP contribution in [-0.4, -0.2) is 62.0 Å². The molecule has 20 heavy (non-hydrogen) atoms. The Hall–Kier alpha value is -1.65. The average Bonchev–Trinajstić information content (AvgIpc) is 2.36. The van der Waals surface area contributed by atoms with Crippen LogP contribution in [0, 0.1) is 5.92 Å². The van der Waals surface area contributed by atoms with E-state index in [1.807, 2.05) is 38.0 Å². The van der Waals surface area contributed by atoms with Gasteiger partial charge in [-0.3, -0.25) is 4.79 Å². The summed E-state index contributed by atoms with van der Waals surface area (Å²) in [6.45, 7) is 1.47. The number of hydrogen-bond acceptors (Lipinski definition) is 4. The van der Waals surface area contributed by atoms with Crippen molar-refractivity contribution in [2.24, 2.45) is 5.92 Å². The predicted octanol–water partition coefficient (Wildman–Crippen LogP) is 1.71. The first-order valence-corrected chi connectivity index (χ1v) is 6.69. The Labute approximate surface area is 121 Å². The van der Waals surface area contributed by atoms with Gasteiger partial charge in [0.25, 0.3) is 0 Å². The number of carbonyl (C=O) groups excluding carboxylic acids is 1. The Morgan fingerprint density at radius 2 is 1.60 bits per heavy atom. The molecule has 0 amide bonds. The number of aromatic hydroxyl groups is 1. The Bertz CT molecular complexity index is 440. The normalized spacial score (nSPS) is 11.9. The van der Waals surface area contributed by atoms with E-state index in [1.54, 1.807) is 36.4 Å². The first kappa shape index (κ1) is 16.4. The van der Waals surface area contributed by atoms with Crippen LogP contribution in [0.15, 0.2) is 30.3 Å². The number of hydrogen-bond donors (Lipinski definition) is 1. The maximum atomic E-state index is 12.3. The minimum atomic E-state index is -0.0339. The van der Waals surface area contributed by atoms with Crippen molar-refractivity contribution in [1.29, 1.82) is 0 Å². The third-order valence-corrected chi connectivity index (χ3v) is 2.91. The highest BCUT2D eigenvalue weighted by Gasteiger charge is 2.17. The van der Waals surface area contributed by atoms with E-state index in [1.165, 1.54) is 0 Å². The van der Waals surface area contributed by atoms with E-state index in [0.717, 1.165) is 18.7 Å². The fraction of sp³-hybridized carbons (Fsp3) is 0.438. The molecule has 1 rings (SSSR count). The molecule has 0 aliphatic heterocycles. The van der Waals surface area contributed by atoms with Gasteiger partial charge in [-0.05, 0) is 52.0 Å². The lowest BCUT2D eigenvalue weighted by Gasteiger charge is -2.22. The number of rotatable bonds is 7. The van der Waals surface area contributed by atoms with Crippen LogP contribution < -0.4 is 0 Å². The van der Waals surface area contributed by atoms with Crippen LogP contribution >= 0.6 is 0 Å². The summed E-state index contributed by atoms with van der Waals surface area (Å²) in [6.07, 6.45) is 3.42. The Balaban J connectivity index is 2.71. The van der Waals surface area contributed by atoms with E-state index >= 15 is 0 Å². The number of nitrogens with zero attached hydrogens (tertiary/aromatic N) is 2. The van der Waals surface area contributed by atoms with Crippen molar-refractivity contribution in [2.75, 3.05) is 41.3 Å². The van der Waals surface area contributed by atoms with E-state index < -0.39 is 0 Å². The summed E-state index contributed by atoms with van der Waals surface area (Å²) in [7, 11) is 7.89. The monoisotopic (exact) mass is 276 g/mol. The van der Waals surface area contributed by atoms with Crippen LogP contribution in [0.1, 0.15) is 5.56 Å². The molecule has 1 aromatic carbocycles. The van der Waals surface area contributed by atoms with Gasteiger partial charge in [-0.25, -0.2) is 0 Å². The summed E-state index contributed by atoms with van der Waals surface area (Å²) in [6, 6.07) is 6.79. The number of benzene rings is 1. The Kier molecular flexibility index (Phi) is 6.42. The van der Waals surface area contributed by atoms with Crippen LogP contribution in [-0.2, 0) is 4.79 Å². The van der Waals surface area contributed by atoms with Gasteiger partial charge in [0.05, 0.1) is 0 Å². The number of allylic oxidation sites excluding steroid dienone is 1. The molecule has 0 radical (unpaired) electrons. The maximum Gasteiger partial charge on any atom is 0.161 e. The lowest BCUT2D eigenvalue weighted by Crippen LogP contribution is -2.34. The molecular formula is C16H24N2O2. The molecule has 0 spiro atoms. The molecule has 0 fully saturated rings. The number of phenolic OH excluding ortho intramolecular Hbond substituents is 1. The highest BCUT2D eigenvalue weighted by Crippen LogP contribution is 2.12. The summed E-state index contributed by atoms with van der Waals surface area (Å²) in [5.41, 5.74) is 0.907. The van der Waals surface area contributed by atoms with Crippen molar-refractivity contribution in [3.05, 3.63) is 35.9 Å². The van der Waals surface area contributed by atoms with Gasteiger partial charge >= 0.3 is 0 Å². The first-order valence-electron chi connectivity index (χ1n) is 6.69. The van der Waals surface area contributed by atoms with E-state index in [0.29, 0.717) is 0 Å². The fourth-order valence-electron chi connectivity index (χ4n) is 2.02. The second kappa shape index (κ2) is 7.82. The topological polar surface area (TPSA) is 43.8 Å². The number of ketones is 1. The lowest BCUT2D eigenvalue weighted by molar-refractivity contribution is -0.119. The summed E-state index contributed by atoms with van der Waals surface area (Å²) >= 11 is 0. The van der Waals surface area contributed by atoms with Crippen LogP contribution in [0.25, 0.3) is 6.08 Å². The van der Waals surface area contributed by atoms with Crippen molar-refractivity contribution in [2.45, 2.75) is 0 Å². The SMILES string of the molecule is CN(C)CC(CN(C)C)C(=O)/C=C/c1ccc(O)cc1. The number of phenols is 1. The van der Waals surface area contributed by atoms with Crippen molar-refractivity contribution in [3.63, 3.8) is 0 Å². The summed E-state index contributed by atoms with van der Waals surface area (Å²) < 4.78 is 0. The molecule has 0 saturated heterocycles. The minimum Gasteiger partial charge on any atom is -0.508 e. The molecular weight excluding hydrogens is 252 g/mol. The molecule has 1 aromatic rings. The zero-order chi connectivity index (χ0) is 15.1. The molecule has 0 aliphatic rings. The molecule has 0 saturated carbocycles. The molecule has 1 N–H and O–H groups in total. The largest absolute Gasteiger partial charge is 0.508 e. The second-order valence-corrected chi connectivity index (χ2v) is 5.55. The van der Waals surface area contributed by atoms with Gasteiger partial charge in [0.15, 0.2) is 5.78 Å². The molecule has 4 heteroatoms. The van der Waals surface area contributed by atoms with Crippen LogP contribution in [0.4, 0.5) is 0 Å². The van der Waals surface area contributed by atoms with Gasteiger partial charge < -0.3 is 14.9 Å². The molecule has 0 aliphatic carbocycles. The van der Waals surface area contributed by atoms with Gasteiger partial charge in [-0.15, -0.1) is 0 Å². The van der Waals surface area contributed by atoms with E-state index in [2.05, 4.69) is 0 Å². The molecule has 0 bridgehead atoms. The molecule has 0 heterocycles. The van der Waals surface area contributed by atoms with Crippen LogP contribution in [0.2, 0.25) is 0 Å². The van der Waals surface area contributed by atoms with Crippen molar-refractivity contribution >= 4 is 11.9 Å². The maximum absolute atomic E-state index is 12.3. The molecule has 110 valence electrons. The molecule has 0 unspecified atom stereocenters. The summed E-state index contributed by atoms with van der Waals surface area (Å²) in [5.74, 6) is 0.320. The van der Waals surface area contributed by atoms with E-state index in [-0.39, 0.29) is 17.5 Å². The van der Waals surface area contributed by atoms with Crippen molar-refractivity contribution in [1.82, 2.24) is 9.80 Å². The average molecular weight is 276 g/mol. The molecule has 0 aromatic heterocycles. The molecule has 0 atom stereocenters. The van der Waals surface area contributed by atoms with Gasteiger partial charge in [0, 0.05) is 19.0 Å². The Morgan fingerprint density at radius 1 is 1.10 bits per heavy atom. The molecule has 4 nitrogen and oxygen atoms in total. The Morgan fingerprint density at radius 3 is 2.05 bits per heavy atom. The summed E-state index contributed by atoms with van der Waals surface area (Å²) in [5, 5.41) is 9.22. The van der Waals surface area contributed by atoms with Gasteiger partial charge in [0.1, 0.15) is 5.75 Å². The van der Waals surface area contributed by atoms with Gasteiger partial charge in [-0.2, -0.15) is 0 Å². The highest BCUT2D eigenvalue weighted by atomic mass is 16.3. The fourth-order valence-corrected chi connectivity index (χ4v) is 2.02. The van der Waals surface area contributed by atoms with Gasteiger partial charge in [0.2, 0.25) is 0 Å². The van der Waals surface area contributed by atoms with E-state index in [9.17, 15) is 9.90 Å². The third kappa shape index (κ3) is 5.99. The van der Waals surface area contributed by atoms with Crippen LogP contribution in [0.3, 0.4) is 0 Å². The third-order valence-electron chi connectivity index (χ3n) is 2.91. The second-order valence-electron chi connectivity index (χ2n) is 5.55. The van der Waals surface area contributed by atoms with E-state index in [4.69, 9.17) is 0 Å².